The van der Waals surface area contributed by atoms with E-state index in [9.17, 15) is 4.79 Å². The summed E-state index contributed by atoms with van der Waals surface area (Å²) in [7, 11) is 0. The van der Waals surface area contributed by atoms with E-state index in [2.05, 4.69) is 35.6 Å². The number of aryl methyl sites for hydroxylation is 1. The summed E-state index contributed by atoms with van der Waals surface area (Å²) in [5.41, 5.74) is 2.01. The third kappa shape index (κ3) is 3.08. The Morgan fingerprint density at radius 1 is 1.45 bits per heavy atom. The van der Waals surface area contributed by atoms with E-state index in [0.717, 1.165) is 17.3 Å². The number of aliphatic carboxylic acids is 1. The molecule has 0 amide bonds. The highest BCUT2D eigenvalue weighted by Gasteiger charge is 2.31. The summed E-state index contributed by atoms with van der Waals surface area (Å²) in [4.78, 5) is 22.4. The number of aromatic nitrogens is 2. The van der Waals surface area contributed by atoms with Crippen LogP contribution < -0.4 is 4.90 Å². The smallest absolute Gasteiger partial charge is 0.306 e. The van der Waals surface area contributed by atoms with Crippen LogP contribution in [0.2, 0.25) is 0 Å². The van der Waals surface area contributed by atoms with Crippen LogP contribution in [0.1, 0.15) is 50.9 Å². The fourth-order valence-corrected chi connectivity index (χ4v) is 2.69. The number of anilines is 1. The lowest BCUT2D eigenvalue weighted by Gasteiger charge is -2.36. The average Bonchev–Trinajstić information content (AvgIpc) is 2.37. The van der Waals surface area contributed by atoms with E-state index in [4.69, 9.17) is 5.11 Å². The maximum Gasteiger partial charge on any atom is 0.306 e. The van der Waals surface area contributed by atoms with Crippen LogP contribution in [0.25, 0.3) is 0 Å². The van der Waals surface area contributed by atoms with Crippen LogP contribution in [0.4, 0.5) is 5.95 Å². The fraction of sp³-hybridized carbons (Fsp3) is 0.667. The van der Waals surface area contributed by atoms with E-state index in [1.807, 2.05) is 13.0 Å². The van der Waals surface area contributed by atoms with Crippen LogP contribution in [0.5, 0.6) is 0 Å². The number of hydrogen-bond donors (Lipinski definition) is 1. The molecule has 1 fully saturated rings. The van der Waals surface area contributed by atoms with Gasteiger partial charge in [0.15, 0.2) is 0 Å². The van der Waals surface area contributed by atoms with Crippen molar-refractivity contribution >= 4 is 11.9 Å². The van der Waals surface area contributed by atoms with Crippen molar-refractivity contribution in [2.45, 2.75) is 52.5 Å². The molecule has 0 aromatic carbocycles. The van der Waals surface area contributed by atoms with E-state index in [1.165, 1.54) is 0 Å². The van der Waals surface area contributed by atoms with Crippen LogP contribution in [0, 0.1) is 12.8 Å². The van der Waals surface area contributed by atoms with Gasteiger partial charge in [-0.1, -0.05) is 13.8 Å². The summed E-state index contributed by atoms with van der Waals surface area (Å²) in [6.07, 6.45) is 1.32. The van der Waals surface area contributed by atoms with Gasteiger partial charge in [0.05, 0.1) is 5.92 Å². The normalized spacial score (nSPS) is 23.1. The van der Waals surface area contributed by atoms with Crippen molar-refractivity contribution in [1.82, 2.24) is 9.97 Å². The maximum absolute atomic E-state index is 11.1. The molecular formula is C15H23N3O2. The molecule has 1 aromatic heterocycles. The van der Waals surface area contributed by atoms with Gasteiger partial charge < -0.3 is 10.0 Å². The second kappa shape index (κ2) is 5.77. The molecule has 2 heterocycles. The predicted octanol–water partition coefficient (Wildman–Crippen LogP) is 2.60. The lowest BCUT2D eigenvalue weighted by molar-refractivity contribution is -0.142. The van der Waals surface area contributed by atoms with Crippen molar-refractivity contribution < 1.29 is 9.90 Å². The van der Waals surface area contributed by atoms with Gasteiger partial charge in [-0.2, -0.15) is 0 Å². The van der Waals surface area contributed by atoms with Gasteiger partial charge >= 0.3 is 5.97 Å². The lowest BCUT2D eigenvalue weighted by atomic mass is 9.92. The number of piperidine rings is 1. The molecule has 5 nitrogen and oxygen atoms in total. The highest BCUT2D eigenvalue weighted by Crippen LogP contribution is 2.27. The van der Waals surface area contributed by atoms with Gasteiger partial charge in [-0.05, 0) is 38.7 Å². The minimum Gasteiger partial charge on any atom is -0.481 e. The molecule has 2 rings (SSSR count). The highest BCUT2D eigenvalue weighted by molar-refractivity contribution is 5.70. The number of hydrogen-bond acceptors (Lipinski definition) is 4. The number of carboxylic acid groups (broad SMARTS) is 1. The number of nitrogens with zero attached hydrogens (tertiary/aromatic N) is 3. The van der Waals surface area contributed by atoms with E-state index < -0.39 is 5.97 Å². The molecule has 0 saturated carbocycles. The first kappa shape index (κ1) is 14.8. The Hall–Kier alpha value is -1.65. The monoisotopic (exact) mass is 277 g/mol. The van der Waals surface area contributed by atoms with Gasteiger partial charge in [-0.25, -0.2) is 9.97 Å². The molecule has 20 heavy (non-hydrogen) atoms. The lowest BCUT2D eigenvalue weighted by Crippen LogP contribution is -2.43. The quantitative estimate of drug-likeness (QED) is 0.920. The van der Waals surface area contributed by atoms with E-state index >= 15 is 0 Å². The zero-order valence-electron chi connectivity index (χ0n) is 12.6. The van der Waals surface area contributed by atoms with Crippen LogP contribution in [-0.4, -0.2) is 33.6 Å². The summed E-state index contributed by atoms with van der Waals surface area (Å²) in [6, 6.07) is 2.18. The summed E-state index contributed by atoms with van der Waals surface area (Å²) in [6.45, 7) is 8.97. The first-order valence-corrected chi connectivity index (χ1v) is 7.23. The highest BCUT2D eigenvalue weighted by atomic mass is 16.4. The third-order valence-corrected chi connectivity index (χ3v) is 3.94. The van der Waals surface area contributed by atoms with Gasteiger partial charge in [-0.3, -0.25) is 4.79 Å². The van der Waals surface area contributed by atoms with Crippen LogP contribution in [-0.2, 0) is 4.79 Å². The van der Waals surface area contributed by atoms with Gasteiger partial charge in [-0.15, -0.1) is 0 Å². The molecule has 0 spiro atoms. The first-order chi connectivity index (χ1) is 9.38. The number of carboxylic acids is 1. The number of carbonyl (C=O) groups is 1. The maximum atomic E-state index is 11.1. The fourth-order valence-electron chi connectivity index (χ4n) is 2.69. The number of rotatable bonds is 3. The zero-order valence-corrected chi connectivity index (χ0v) is 12.6. The Bertz CT molecular complexity index is 502. The molecule has 110 valence electrons. The SMILES string of the molecule is Cc1cc(C(C)C)nc(N2CCC(C(=O)O)CC2C)n1. The molecule has 0 bridgehead atoms. The molecule has 2 unspecified atom stereocenters. The minimum atomic E-state index is -0.690. The Labute approximate surface area is 120 Å². The predicted molar refractivity (Wildman–Crippen MR) is 78.0 cm³/mol. The molecule has 1 saturated heterocycles. The molecule has 2 atom stereocenters. The van der Waals surface area contributed by atoms with Crippen LogP contribution in [0.3, 0.4) is 0 Å². The van der Waals surface area contributed by atoms with Crippen molar-refractivity contribution in [3.8, 4) is 0 Å². The van der Waals surface area contributed by atoms with E-state index in [-0.39, 0.29) is 12.0 Å². The van der Waals surface area contributed by atoms with Gasteiger partial charge in [0.2, 0.25) is 5.95 Å². The summed E-state index contributed by atoms with van der Waals surface area (Å²) in [5, 5.41) is 9.12. The largest absolute Gasteiger partial charge is 0.481 e. The molecule has 5 heteroatoms. The summed E-state index contributed by atoms with van der Waals surface area (Å²) in [5.74, 6) is 0.174. The second-order valence-electron chi connectivity index (χ2n) is 5.99. The van der Waals surface area contributed by atoms with Crippen molar-refractivity contribution in [2.24, 2.45) is 5.92 Å². The van der Waals surface area contributed by atoms with Crippen molar-refractivity contribution in [2.75, 3.05) is 11.4 Å². The second-order valence-corrected chi connectivity index (χ2v) is 5.99. The van der Waals surface area contributed by atoms with Gasteiger partial charge in [0.25, 0.3) is 0 Å². The Morgan fingerprint density at radius 3 is 2.70 bits per heavy atom. The zero-order chi connectivity index (χ0) is 14.9. The Morgan fingerprint density at radius 2 is 2.15 bits per heavy atom. The molecule has 1 aromatic rings. The van der Waals surface area contributed by atoms with Crippen LogP contribution >= 0.6 is 0 Å². The van der Waals surface area contributed by atoms with E-state index in [1.54, 1.807) is 0 Å². The molecule has 1 aliphatic heterocycles. The molecule has 1 aliphatic rings. The topological polar surface area (TPSA) is 66.3 Å². The Kier molecular flexibility index (Phi) is 4.26. The molecule has 0 radical (unpaired) electrons. The van der Waals surface area contributed by atoms with Crippen molar-refractivity contribution in [3.05, 3.63) is 17.5 Å². The Balaban J connectivity index is 2.22. The van der Waals surface area contributed by atoms with Crippen LogP contribution in [0.15, 0.2) is 6.07 Å². The van der Waals surface area contributed by atoms with Crippen molar-refractivity contribution in [3.63, 3.8) is 0 Å². The van der Waals surface area contributed by atoms with Gasteiger partial charge in [0.1, 0.15) is 0 Å². The standard InChI is InChI=1S/C15H23N3O2/c1-9(2)13-7-10(3)16-15(17-13)18-6-5-12(14(19)20)8-11(18)4/h7,9,11-12H,5-6,8H2,1-4H3,(H,19,20). The third-order valence-electron chi connectivity index (χ3n) is 3.94. The summed E-state index contributed by atoms with van der Waals surface area (Å²) < 4.78 is 0. The molecular weight excluding hydrogens is 254 g/mol. The first-order valence-electron chi connectivity index (χ1n) is 7.23. The summed E-state index contributed by atoms with van der Waals surface area (Å²) >= 11 is 0. The van der Waals surface area contributed by atoms with Crippen molar-refractivity contribution in [1.29, 1.82) is 0 Å². The molecule has 0 aliphatic carbocycles. The van der Waals surface area contributed by atoms with Gasteiger partial charge in [0, 0.05) is 24.0 Å². The van der Waals surface area contributed by atoms with E-state index in [0.29, 0.717) is 25.3 Å². The minimum absolute atomic E-state index is 0.159. The average molecular weight is 277 g/mol. The molecule has 1 N–H and O–H groups in total.